The van der Waals surface area contributed by atoms with Gasteiger partial charge in [0.15, 0.2) is 0 Å². The molecule has 2 atom stereocenters. The Bertz CT molecular complexity index is 344. The van der Waals surface area contributed by atoms with Crippen LogP contribution >= 0.6 is 15.9 Å². The molecule has 0 aliphatic carbocycles. The summed E-state index contributed by atoms with van der Waals surface area (Å²) in [6.45, 7) is 5.76. The molecule has 0 fully saturated rings. The Labute approximate surface area is 105 Å². The van der Waals surface area contributed by atoms with Crippen LogP contribution in [0.3, 0.4) is 0 Å². The van der Waals surface area contributed by atoms with E-state index in [4.69, 9.17) is 0 Å². The maximum Gasteiger partial charge on any atom is 0.0850 e. The molecule has 2 unspecified atom stereocenters. The molecule has 0 radical (unpaired) electrons. The molecule has 0 amide bonds. The molecule has 0 spiro atoms. The van der Waals surface area contributed by atoms with Gasteiger partial charge in [-0.05, 0) is 23.1 Å². The van der Waals surface area contributed by atoms with Crippen molar-refractivity contribution in [2.24, 2.45) is 5.41 Å². The Morgan fingerprint density at radius 2 is 1.88 bits per heavy atom. The maximum absolute atomic E-state index is 9.93. The predicted octanol–water partition coefficient (Wildman–Crippen LogP) is 2.76. The van der Waals surface area contributed by atoms with E-state index in [1.165, 1.54) is 0 Å². The minimum Gasteiger partial charge on any atom is -0.390 e. The van der Waals surface area contributed by atoms with Crippen molar-refractivity contribution >= 4 is 15.9 Å². The Kier molecular flexibility index (Phi) is 4.53. The van der Waals surface area contributed by atoms with E-state index < -0.39 is 12.2 Å². The van der Waals surface area contributed by atoms with Crippen molar-refractivity contribution in [1.82, 2.24) is 0 Å². The van der Waals surface area contributed by atoms with Gasteiger partial charge in [-0.15, -0.1) is 0 Å². The van der Waals surface area contributed by atoms with E-state index in [-0.39, 0.29) is 5.41 Å². The highest BCUT2D eigenvalue weighted by molar-refractivity contribution is 9.10. The van der Waals surface area contributed by atoms with Gasteiger partial charge in [-0.3, -0.25) is 0 Å². The largest absolute Gasteiger partial charge is 0.390 e. The van der Waals surface area contributed by atoms with Gasteiger partial charge in [0.25, 0.3) is 0 Å². The van der Waals surface area contributed by atoms with E-state index in [9.17, 15) is 10.2 Å². The molecule has 2 N–H and O–H groups in total. The quantitative estimate of drug-likeness (QED) is 0.897. The first-order valence-electron chi connectivity index (χ1n) is 5.41. The van der Waals surface area contributed by atoms with Gasteiger partial charge >= 0.3 is 0 Å². The highest BCUT2D eigenvalue weighted by atomic mass is 79.9. The average molecular weight is 287 g/mol. The SMILES string of the molecule is CC(C)(C)C(O)C(O)Cc1cccc(Br)c1. The van der Waals surface area contributed by atoms with Gasteiger partial charge in [0.2, 0.25) is 0 Å². The molecule has 0 aromatic heterocycles. The molecule has 0 bridgehead atoms. The molecule has 0 saturated carbocycles. The zero-order valence-corrected chi connectivity index (χ0v) is 11.5. The van der Waals surface area contributed by atoms with Gasteiger partial charge in [0.1, 0.15) is 0 Å². The lowest BCUT2D eigenvalue weighted by Gasteiger charge is -2.30. The highest BCUT2D eigenvalue weighted by Gasteiger charge is 2.28. The molecule has 90 valence electrons. The van der Waals surface area contributed by atoms with Crippen molar-refractivity contribution < 1.29 is 10.2 Å². The number of benzene rings is 1. The summed E-state index contributed by atoms with van der Waals surface area (Å²) < 4.78 is 0.988. The summed E-state index contributed by atoms with van der Waals surface area (Å²) in [5.41, 5.74) is 0.719. The lowest BCUT2D eigenvalue weighted by atomic mass is 9.84. The van der Waals surface area contributed by atoms with Crippen LogP contribution in [-0.4, -0.2) is 22.4 Å². The van der Waals surface area contributed by atoms with Crippen LogP contribution in [0.15, 0.2) is 28.7 Å². The molecule has 16 heavy (non-hydrogen) atoms. The fraction of sp³-hybridized carbons (Fsp3) is 0.538. The normalized spacial score (nSPS) is 15.9. The van der Waals surface area contributed by atoms with Crippen molar-refractivity contribution in [3.63, 3.8) is 0 Å². The topological polar surface area (TPSA) is 40.5 Å². The molecule has 0 aliphatic heterocycles. The molecular weight excluding hydrogens is 268 g/mol. The minimum atomic E-state index is -0.728. The summed E-state index contributed by atoms with van der Waals surface area (Å²) in [5.74, 6) is 0. The summed E-state index contributed by atoms with van der Waals surface area (Å²) in [7, 11) is 0. The molecule has 2 nitrogen and oxygen atoms in total. The molecule has 1 aromatic rings. The molecular formula is C13H19BrO2. The zero-order chi connectivity index (χ0) is 12.3. The first-order valence-corrected chi connectivity index (χ1v) is 6.20. The number of rotatable bonds is 3. The standard InChI is InChI=1S/C13H19BrO2/c1-13(2,3)12(16)11(15)8-9-5-4-6-10(14)7-9/h4-7,11-12,15-16H,8H2,1-3H3. The fourth-order valence-corrected chi connectivity index (χ4v) is 2.04. The first-order chi connectivity index (χ1) is 7.30. The van der Waals surface area contributed by atoms with Crippen molar-refractivity contribution in [2.75, 3.05) is 0 Å². The van der Waals surface area contributed by atoms with E-state index in [2.05, 4.69) is 15.9 Å². The highest BCUT2D eigenvalue weighted by Crippen LogP contribution is 2.24. The fourth-order valence-electron chi connectivity index (χ4n) is 1.59. The third-order valence-electron chi connectivity index (χ3n) is 2.59. The van der Waals surface area contributed by atoms with E-state index in [1.54, 1.807) is 0 Å². The van der Waals surface area contributed by atoms with Gasteiger partial charge in [-0.1, -0.05) is 48.8 Å². The van der Waals surface area contributed by atoms with E-state index >= 15 is 0 Å². The monoisotopic (exact) mass is 286 g/mol. The summed E-state index contributed by atoms with van der Waals surface area (Å²) in [6.07, 6.45) is -0.974. The Hall–Kier alpha value is -0.380. The first kappa shape index (κ1) is 13.7. The van der Waals surface area contributed by atoms with Crippen molar-refractivity contribution in [2.45, 2.75) is 39.4 Å². The number of hydrogen-bond donors (Lipinski definition) is 2. The third kappa shape index (κ3) is 3.89. The van der Waals surface area contributed by atoms with E-state index in [0.29, 0.717) is 6.42 Å². The smallest absolute Gasteiger partial charge is 0.0850 e. The summed E-state index contributed by atoms with van der Waals surface area (Å²) in [5, 5.41) is 19.9. The number of aliphatic hydroxyl groups excluding tert-OH is 2. The van der Waals surface area contributed by atoms with Crippen LogP contribution < -0.4 is 0 Å². The van der Waals surface area contributed by atoms with E-state index in [0.717, 1.165) is 10.0 Å². The van der Waals surface area contributed by atoms with Gasteiger partial charge in [0, 0.05) is 10.9 Å². The zero-order valence-electron chi connectivity index (χ0n) is 9.94. The average Bonchev–Trinajstić information content (AvgIpc) is 2.15. The summed E-state index contributed by atoms with van der Waals surface area (Å²) in [4.78, 5) is 0. The second kappa shape index (κ2) is 5.30. The molecule has 0 heterocycles. The number of aliphatic hydroxyl groups is 2. The van der Waals surface area contributed by atoms with Crippen LogP contribution in [-0.2, 0) is 6.42 Å². The van der Waals surface area contributed by atoms with Crippen LogP contribution in [0.5, 0.6) is 0 Å². The Morgan fingerprint density at radius 3 is 2.38 bits per heavy atom. The van der Waals surface area contributed by atoms with Gasteiger partial charge in [-0.25, -0.2) is 0 Å². The second-order valence-electron chi connectivity index (χ2n) is 5.21. The number of halogens is 1. The molecule has 0 aliphatic rings. The Balaban J connectivity index is 2.68. The number of hydrogen-bond acceptors (Lipinski definition) is 2. The van der Waals surface area contributed by atoms with Crippen LogP contribution in [0.4, 0.5) is 0 Å². The maximum atomic E-state index is 9.93. The summed E-state index contributed by atoms with van der Waals surface area (Å²) in [6, 6.07) is 7.77. The van der Waals surface area contributed by atoms with E-state index in [1.807, 2.05) is 45.0 Å². The lowest BCUT2D eigenvalue weighted by molar-refractivity contribution is -0.0434. The lowest BCUT2D eigenvalue weighted by Crippen LogP contribution is -2.38. The second-order valence-corrected chi connectivity index (χ2v) is 6.13. The van der Waals surface area contributed by atoms with Crippen molar-refractivity contribution in [3.8, 4) is 0 Å². The van der Waals surface area contributed by atoms with Crippen LogP contribution in [0.1, 0.15) is 26.3 Å². The van der Waals surface area contributed by atoms with Crippen LogP contribution in [0.25, 0.3) is 0 Å². The van der Waals surface area contributed by atoms with Crippen molar-refractivity contribution in [3.05, 3.63) is 34.3 Å². The van der Waals surface area contributed by atoms with Crippen molar-refractivity contribution in [1.29, 1.82) is 0 Å². The van der Waals surface area contributed by atoms with Gasteiger partial charge in [0.05, 0.1) is 12.2 Å². The molecule has 1 aromatic carbocycles. The molecule has 3 heteroatoms. The molecule has 1 rings (SSSR count). The van der Waals surface area contributed by atoms with Crippen LogP contribution in [0.2, 0.25) is 0 Å². The predicted molar refractivity (Wildman–Crippen MR) is 69.3 cm³/mol. The van der Waals surface area contributed by atoms with Crippen LogP contribution in [0, 0.1) is 5.41 Å². The van der Waals surface area contributed by atoms with Gasteiger partial charge in [-0.2, -0.15) is 0 Å². The minimum absolute atomic E-state index is 0.300. The molecule has 0 saturated heterocycles. The Morgan fingerprint density at radius 1 is 1.25 bits per heavy atom. The van der Waals surface area contributed by atoms with Gasteiger partial charge < -0.3 is 10.2 Å². The third-order valence-corrected chi connectivity index (χ3v) is 3.08. The summed E-state index contributed by atoms with van der Waals surface area (Å²) >= 11 is 3.38.